The van der Waals surface area contributed by atoms with E-state index in [1.165, 1.54) is 6.07 Å². The van der Waals surface area contributed by atoms with Crippen LogP contribution >= 0.6 is 11.6 Å². The topological polar surface area (TPSA) is 24.5 Å². The largest absolute Gasteiger partial charge is 0.496 e. The number of hydrogen-bond acceptors (Lipinski definition) is 3. The number of hydrazine groups is 1. The molecule has 2 aromatic rings. The minimum atomic E-state index is -0.219. The Balaban J connectivity index is 1.66. The van der Waals surface area contributed by atoms with Crippen molar-refractivity contribution >= 4 is 17.3 Å². The van der Waals surface area contributed by atoms with E-state index < -0.39 is 0 Å². The van der Waals surface area contributed by atoms with Crippen LogP contribution in [0.25, 0.3) is 0 Å². The van der Waals surface area contributed by atoms with Gasteiger partial charge in [0.15, 0.2) is 0 Å². The molecule has 127 valence electrons. The minimum Gasteiger partial charge on any atom is -0.496 e. The summed E-state index contributed by atoms with van der Waals surface area (Å²) >= 11 is 6.16. The van der Waals surface area contributed by atoms with Crippen LogP contribution in [0.5, 0.6) is 5.75 Å². The Kier molecular flexibility index (Phi) is 5.59. The van der Waals surface area contributed by atoms with Gasteiger partial charge in [0.1, 0.15) is 11.6 Å². The molecule has 1 atom stereocenters. The monoisotopic (exact) mass is 347 g/mol. The first-order valence-corrected chi connectivity index (χ1v) is 8.53. The first-order valence-electron chi connectivity index (χ1n) is 8.16. The highest BCUT2D eigenvalue weighted by atomic mass is 35.5. The summed E-state index contributed by atoms with van der Waals surface area (Å²) < 4.78 is 18.9. The lowest BCUT2D eigenvalue weighted by Gasteiger charge is -2.34. The summed E-state index contributed by atoms with van der Waals surface area (Å²) in [5.41, 5.74) is 5.16. The van der Waals surface area contributed by atoms with Crippen LogP contribution in [-0.4, -0.2) is 25.2 Å². The molecule has 1 fully saturated rings. The van der Waals surface area contributed by atoms with E-state index in [9.17, 15) is 4.39 Å². The van der Waals surface area contributed by atoms with Gasteiger partial charge >= 0.3 is 0 Å². The molecule has 1 aliphatic heterocycles. The lowest BCUT2D eigenvalue weighted by Crippen LogP contribution is -2.40. The maximum Gasteiger partial charge on any atom is 0.123 e. The third kappa shape index (κ3) is 4.19. The van der Waals surface area contributed by atoms with Crippen LogP contribution < -0.4 is 10.2 Å². The zero-order chi connectivity index (χ0) is 16.9. The van der Waals surface area contributed by atoms with Crippen molar-refractivity contribution in [2.75, 3.05) is 25.6 Å². The predicted molar refractivity (Wildman–Crippen MR) is 94.9 cm³/mol. The molecule has 3 rings (SSSR count). The zero-order valence-electron chi connectivity index (χ0n) is 13.7. The quantitative estimate of drug-likeness (QED) is 0.857. The number of benzene rings is 2. The van der Waals surface area contributed by atoms with Crippen LogP contribution in [0.15, 0.2) is 36.4 Å². The summed E-state index contributed by atoms with van der Waals surface area (Å²) in [5.74, 6) is 0.971. The Morgan fingerprint density at radius 2 is 2.29 bits per heavy atom. The van der Waals surface area contributed by atoms with Crippen LogP contribution in [0, 0.1) is 17.8 Å². The van der Waals surface area contributed by atoms with Gasteiger partial charge in [-0.15, -0.1) is 0 Å². The number of methoxy groups -OCH3 is 1. The van der Waals surface area contributed by atoms with Crippen molar-refractivity contribution in [2.45, 2.75) is 19.3 Å². The van der Waals surface area contributed by atoms with Crippen LogP contribution in [0.2, 0.25) is 5.02 Å². The maximum absolute atomic E-state index is 13.5. The third-order valence-corrected chi connectivity index (χ3v) is 4.67. The maximum atomic E-state index is 13.5. The Morgan fingerprint density at radius 3 is 3.08 bits per heavy atom. The van der Waals surface area contributed by atoms with Crippen molar-refractivity contribution in [2.24, 2.45) is 5.92 Å². The average Bonchev–Trinajstić information content (AvgIpc) is 2.58. The van der Waals surface area contributed by atoms with Gasteiger partial charge in [0.05, 0.1) is 17.8 Å². The van der Waals surface area contributed by atoms with E-state index in [4.69, 9.17) is 16.3 Å². The predicted octanol–water partition coefficient (Wildman–Crippen LogP) is 4.57. The summed E-state index contributed by atoms with van der Waals surface area (Å²) in [7, 11) is 1.62. The fourth-order valence-corrected chi connectivity index (χ4v) is 3.39. The van der Waals surface area contributed by atoms with Crippen molar-refractivity contribution in [1.29, 1.82) is 0 Å². The van der Waals surface area contributed by atoms with Crippen molar-refractivity contribution in [3.05, 3.63) is 58.9 Å². The smallest absolute Gasteiger partial charge is 0.123 e. The second kappa shape index (κ2) is 7.86. The molecule has 5 heteroatoms. The van der Waals surface area contributed by atoms with Gasteiger partial charge in [-0.2, -0.15) is 0 Å². The lowest BCUT2D eigenvalue weighted by molar-refractivity contribution is 0.206. The Hall–Kier alpha value is -1.78. The van der Waals surface area contributed by atoms with Crippen molar-refractivity contribution in [1.82, 2.24) is 5.01 Å². The summed E-state index contributed by atoms with van der Waals surface area (Å²) in [5, 5.41) is 2.76. The number of nitrogens with zero attached hydrogens (tertiary/aromatic N) is 1. The molecular weight excluding hydrogens is 327 g/mol. The number of rotatable bonds is 5. The molecule has 1 heterocycles. The van der Waals surface area contributed by atoms with Gasteiger partial charge in [-0.3, -0.25) is 0 Å². The fraction of sp³-hybridized carbons (Fsp3) is 0.368. The summed E-state index contributed by atoms with van der Waals surface area (Å²) in [6, 6.07) is 13.3. The first kappa shape index (κ1) is 17.1. The summed E-state index contributed by atoms with van der Waals surface area (Å²) in [6.45, 7) is 1.84. The van der Waals surface area contributed by atoms with Crippen LogP contribution in [-0.2, 0) is 6.42 Å². The van der Waals surface area contributed by atoms with Gasteiger partial charge in [-0.05, 0) is 55.0 Å². The van der Waals surface area contributed by atoms with Gasteiger partial charge in [-0.25, -0.2) is 9.40 Å². The molecule has 2 aromatic carbocycles. The fourth-order valence-electron chi connectivity index (χ4n) is 3.22. The van der Waals surface area contributed by atoms with Gasteiger partial charge in [0.25, 0.3) is 0 Å². The lowest BCUT2D eigenvalue weighted by atomic mass is 9.91. The van der Waals surface area contributed by atoms with E-state index in [1.54, 1.807) is 25.3 Å². The van der Waals surface area contributed by atoms with E-state index in [1.807, 2.05) is 12.1 Å². The number of piperidine rings is 1. The molecule has 1 N–H and O–H groups in total. The highest BCUT2D eigenvalue weighted by Gasteiger charge is 2.22. The van der Waals surface area contributed by atoms with E-state index in [0.717, 1.165) is 49.4 Å². The molecule has 1 radical (unpaired) electrons. The van der Waals surface area contributed by atoms with E-state index in [0.29, 0.717) is 10.9 Å². The van der Waals surface area contributed by atoms with Gasteiger partial charge in [0, 0.05) is 19.2 Å². The number of hydrogen-bond donors (Lipinski definition) is 1. The summed E-state index contributed by atoms with van der Waals surface area (Å²) in [4.78, 5) is 0. The average molecular weight is 348 g/mol. The molecule has 0 amide bonds. The Bertz CT molecular complexity index is 695. The molecule has 0 bridgehead atoms. The van der Waals surface area contributed by atoms with Crippen LogP contribution in [0.1, 0.15) is 18.4 Å². The SMILES string of the molecule is COc1ccc(F)cc1CC1CCCN(Nc2ccc[c]c2Cl)C1. The van der Waals surface area contributed by atoms with Crippen LogP contribution in [0.3, 0.4) is 0 Å². The number of ether oxygens (including phenoxy) is 1. The molecule has 1 unspecified atom stereocenters. The van der Waals surface area contributed by atoms with E-state index >= 15 is 0 Å². The van der Waals surface area contributed by atoms with Crippen LogP contribution in [0.4, 0.5) is 10.1 Å². The second-order valence-corrected chi connectivity index (χ2v) is 6.50. The molecule has 0 saturated carbocycles. The molecule has 3 nitrogen and oxygen atoms in total. The van der Waals surface area contributed by atoms with Gasteiger partial charge < -0.3 is 10.2 Å². The van der Waals surface area contributed by atoms with Gasteiger partial charge in [-0.1, -0.05) is 23.7 Å². The molecule has 0 aliphatic carbocycles. The van der Waals surface area contributed by atoms with E-state index in [-0.39, 0.29) is 5.82 Å². The molecular formula is C19H21ClFN2O. The third-order valence-electron chi connectivity index (χ3n) is 4.35. The van der Waals surface area contributed by atoms with Gasteiger partial charge in [0.2, 0.25) is 0 Å². The molecule has 24 heavy (non-hydrogen) atoms. The molecule has 0 spiro atoms. The number of nitrogens with one attached hydrogen (secondary N) is 1. The molecule has 0 aromatic heterocycles. The Labute approximate surface area is 147 Å². The number of halogens is 2. The van der Waals surface area contributed by atoms with Crippen molar-refractivity contribution in [3.63, 3.8) is 0 Å². The normalized spacial score (nSPS) is 18.4. The van der Waals surface area contributed by atoms with Crippen molar-refractivity contribution < 1.29 is 9.13 Å². The standard InChI is InChI=1S/C19H21ClFN2O/c1-24-19-9-8-16(21)12-15(19)11-14-5-4-10-23(13-14)22-18-7-3-2-6-17(18)20/h2-3,7-9,12,14,22H,4-5,10-11,13H2,1H3. The highest BCUT2D eigenvalue weighted by Crippen LogP contribution is 2.28. The number of anilines is 1. The summed E-state index contributed by atoms with van der Waals surface area (Å²) in [6.07, 6.45) is 3.00. The highest BCUT2D eigenvalue weighted by molar-refractivity contribution is 6.33. The minimum absolute atomic E-state index is 0.219. The van der Waals surface area contributed by atoms with Crippen molar-refractivity contribution in [3.8, 4) is 5.75 Å². The molecule has 1 aliphatic rings. The first-order chi connectivity index (χ1) is 11.7. The zero-order valence-corrected chi connectivity index (χ0v) is 14.4. The van der Waals surface area contributed by atoms with E-state index in [2.05, 4.69) is 16.5 Å². The molecule has 1 saturated heterocycles. The second-order valence-electron chi connectivity index (χ2n) is 6.12. The Morgan fingerprint density at radius 1 is 1.42 bits per heavy atom.